The fourth-order valence-electron chi connectivity index (χ4n) is 2.13. The van der Waals surface area contributed by atoms with Crippen molar-refractivity contribution in [1.29, 1.82) is 0 Å². The van der Waals surface area contributed by atoms with Crippen LogP contribution in [0, 0.1) is 5.92 Å². The molecule has 2 rings (SSSR count). The third-order valence-corrected chi connectivity index (χ3v) is 3.22. The molecular formula is C13H16N2O3. The first-order chi connectivity index (χ1) is 8.58. The largest absolute Gasteiger partial charge is 0.478 e. The molecule has 96 valence electrons. The summed E-state index contributed by atoms with van der Waals surface area (Å²) in [5.74, 6) is -0.751. The van der Waals surface area contributed by atoms with Gasteiger partial charge in [-0.15, -0.1) is 0 Å². The molecule has 1 aliphatic rings. The third kappa shape index (κ3) is 2.67. The average Bonchev–Trinajstić information content (AvgIpc) is 2.36. The van der Waals surface area contributed by atoms with E-state index < -0.39 is 5.97 Å². The minimum absolute atomic E-state index is 0.0806. The van der Waals surface area contributed by atoms with E-state index in [1.165, 1.54) is 12.3 Å². The molecule has 0 bridgehead atoms. The number of aromatic nitrogens is 1. The van der Waals surface area contributed by atoms with E-state index >= 15 is 0 Å². The van der Waals surface area contributed by atoms with Crippen LogP contribution in [-0.4, -0.2) is 33.4 Å². The number of rotatable bonds is 3. The molecule has 5 nitrogen and oxygen atoms in total. The Labute approximate surface area is 105 Å². The molecule has 0 aliphatic carbocycles. The lowest BCUT2D eigenvalue weighted by atomic mass is 9.99. The van der Waals surface area contributed by atoms with Gasteiger partial charge in [0.15, 0.2) is 0 Å². The standard InChI is InChI=1S/C13H16N2O3/c1-9-3-2-6-15(12(9)16)8-11-5-4-10(7-14-11)13(17)18/h4-5,7,9H,2-3,6,8H2,1H3,(H,17,18). The Morgan fingerprint density at radius 1 is 1.56 bits per heavy atom. The monoisotopic (exact) mass is 248 g/mol. The zero-order valence-electron chi connectivity index (χ0n) is 10.3. The second-order valence-electron chi connectivity index (χ2n) is 4.65. The highest BCUT2D eigenvalue weighted by atomic mass is 16.4. The van der Waals surface area contributed by atoms with Gasteiger partial charge < -0.3 is 10.0 Å². The van der Waals surface area contributed by atoms with Crippen molar-refractivity contribution in [2.24, 2.45) is 5.92 Å². The number of piperidine rings is 1. The zero-order valence-corrected chi connectivity index (χ0v) is 10.3. The van der Waals surface area contributed by atoms with Crippen molar-refractivity contribution >= 4 is 11.9 Å². The first-order valence-corrected chi connectivity index (χ1v) is 6.05. The van der Waals surface area contributed by atoms with Crippen LogP contribution >= 0.6 is 0 Å². The molecule has 0 radical (unpaired) electrons. The minimum atomic E-state index is -0.989. The van der Waals surface area contributed by atoms with E-state index in [4.69, 9.17) is 5.11 Å². The molecule has 1 aliphatic heterocycles. The number of carbonyl (C=O) groups excluding carboxylic acids is 1. The van der Waals surface area contributed by atoms with Crippen LogP contribution < -0.4 is 0 Å². The summed E-state index contributed by atoms with van der Waals surface area (Å²) in [5.41, 5.74) is 0.888. The van der Waals surface area contributed by atoms with E-state index in [0.29, 0.717) is 6.54 Å². The SMILES string of the molecule is CC1CCCN(Cc2ccc(C(=O)O)cn2)C1=O. The molecular weight excluding hydrogens is 232 g/mol. The normalized spacial score (nSPS) is 19.9. The van der Waals surface area contributed by atoms with Gasteiger partial charge in [0.25, 0.3) is 0 Å². The van der Waals surface area contributed by atoms with E-state index in [-0.39, 0.29) is 17.4 Å². The maximum absolute atomic E-state index is 11.9. The van der Waals surface area contributed by atoms with Crippen molar-refractivity contribution < 1.29 is 14.7 Å². The fraction of sp³-hybridized carbons (Fsp3) is 0.462. The number of aromatic carboxylic acids is 1. The highest BCUT2D eigenvalue weighted by Crippen LogP contribution is 2.18. The van der Waals surface area contributed by atoms with Crippen LogP contribution in [0.5, 0.6) is 0 Å². The van der Waals surface area contributed by atoms with Crippen molar-refractivity contribution in [3.05, 3.63) is 29.6 Å². The highest BCUT2D eigenvalue weighted by molar-refractivity contribution is 5.87. The molecule has 1 atom stereocenters. The Morgan fingerprint density at radius 3 is 2.94 bits per heavy atom. The number of carboxylic acids is 1. The lowest BCUT2D eigenvalue weighted by Crippen LogP contribution is -2.39. The van der Waals surface area contributed by atoms with Gasteiger partial charge in [-0.3, -0.25) is 9.78 Å². The van der Waals surface area contributed by atoms with Gasteiger partial charge in [0.2, 0.25) is 5.91 Å². The van der Waals surface area contributed by atoms with Crippen molar-refractivity contribution in [3.8, 4) is 0 Å². The van der Waals surface area contributed by atoms with E-state index in [9.17, 15) is 9.59 Å². The van der Waals surface area contributed by atoms with E-state index in [0.717, 1.165) is 25.1 Å². The number of hydrogen-bond donors (Lipinski definition) is 1. The predicted molar refractivity (Wildman–Crippen MR) is 65.0 cm³/mol. The maximum atomic E-state index is 11.9. The first kappa shape index (κ1) is 12.5. The smallest absolute Gasteiger partial charge is 0.337 e. The van der Waals surface area contributed by atoms with Crippen molar-refractivity contribution in [3.63, 3.8) is 0 Å². The molecule has 1 aromatic heterocycles. The molecule has 0 saturated carbocycles. The maximum Gasteiger partial charge on any atom is 0.337 e. The molecule has 1 fully saturated rings. The molecule has 5 heteroatoms. The van der Waals surface area contributed by atoms with Gasteiger partial charge in [-0.1, -0.05) is 6.92 Å². The number of carboxylic acid groups (broad SMARTS) is 1. The van der Waals surface area contributed by atoms with Crippen LogP contribution in [0.25, 0.3) is 0 Å². The molecule has 2 heterocycles. The van der Waals surface area contributed by atoms with Gasteiger partial charge in [0, 0.05) is 18.7 Å². The first-order valence-electron chi connectivity index (χ1n) is 6.05. The molecule has 0 aromatic carbocycles. The van der Waals surface area contributed by atoms with Gasteiger partial charge in [-0.25, -0.2) is 4.79 Å². The van der Waals surface area contributed by atoms with Gasteiger partial charge in [0.05, 0.1) is 17.8 Å². The Balaban J connectivity index is 2.04. The van der Waals surface area contributed by atoms with Crippen LogP contribution in [0.4, 0.5) is 0 Å². The lowest BCUT2D eigenvalue weighted by molar-refractivity contribution is -0.138. The second kappa shape index (κ2) is 5.16. The topological polar surface area (TPSA) is 70.5 Å². The van der Waals surface area contributed by atoms with Gasteiger partial charge in [-0.2, -0.15) is 0 Å². The van der Waals surface area contributed by atoms with Crippen molar-refractivity contribution in [2.45, 2.75) is 26.3 Å². The number of carbonyl (C=O) groups is 2. The number of nitrogens with zero attached hydrogens (tertiary/aromatic N) is 2. The van der Waals surface area contributed by atoms with Gasteiger partial charge in [0.1, 0.15) is 0 Å². The number of pyridine rings is 1. The number of likely N-dealkylation sites (tertiary alicyclic amines) is 1. The Hall–Kier alpha value is -1.91. The number of hydrogen-bond acceptors (Lipinski definition) is 3. The quantitative estimate of drug-likeness (QED) is 0.880. The summed E-state index contributed by atoms with van der Waals surface area (Å²) >= 11 is 0. The van der Waals surface area contributed by atoms with E-state index in [1.807, 2.05) is 6.92 Å². The van der Waals surface area contributed by atoms with Crippen LogP contribution in [0.2, 0.25) is 0 Å². The van der Waals surface area contributed by atoms with E-state index in [1.54, 1.807) is 11.0 Å². The number of amides is 1. The fourth-order valence-corrected chi connectivity index (χ4v) is 2.13. The summed E-state index contributed by atoms with van der Waals surface area (Å²) in [7, 11) is 0. The Morgan fingerprint density at radius 2 is 2.33 bits per heavy atom. The summed E-state index contributed by atoms with van der Waals surface area (Å²) in [6.45, 7) is 3.16. The molecule has 1 amide bonds. The van der Waals surface area contributed by atoms with Crippen molar-refractivity contribution in [1.82, 2.24) is 9.88 Å². The van der Waals surface area contributed by atoms with Gasteiger partial charge in [-0.05, 0) is 25.0 Å². The van der Waals surface area contributed by atoms with Crippen LogP contribution in [0.3, 0.4) is 0 Å². The van der Waals surface area contributed by atoms with Crippen LogP contribution in [-0.2, 0) is 11.3 Å². The predicted octanol–water partition coefficient (Wildman–Crippen LogP) is 1.54. The Bertz CT molecular complexity index is 456. The zero-order chi connectivity index (χ0) is 13.1. The second-order valence-corrected chi connectivity index (χ2v) is 4.65. The summed E-state index contributed by atoms with van der Waals surface area (Å²) in [6, 6.07) is 3.18. The minimum Gasteiger partial charge on any atom is -0.478 e. The highest BCUT2D eigenvalue weighted by Gasteiger charge is 2.25. The molecule has 1 unspecified atom stereocenters. The summed E-state index contributed by atoms with van der Waals surface area (Å²) < 4.78 is 0. The van der Waals surface area contributed by atoms with E-state index in [2.05, 4.69) is 4.98 Å². The molecule has 1 N–H and O–H groups in total. The average molecular weight is 248 g/mol. The van der Waals surface area contributed by atoms with Crippen LogP contribution in [0.15, 0.2) is 18.3 Å². The summed E-state index contributed by atoms with van der Waals surface area (Å²) in [5, 5.41) is 8.77. The molecule has 1 aromatic rings. The Kier molecular flexibility index (Phi) is 3.60. The lowest BCUT2D eigenvalue weighted by Gasteiger charge is -2.30. The van der Waals surface area contributed by atoms with Gasteiger partial charge >= 0.3 is 5.97 Å². The molecule has 18 heavy (non-hydrogen) atoms. The third-order valence-electron chi connectivity index (χ3n) is 3.22. The summed E-state index contributed by atoms with van der Waals surface area (Å²) in [6.07, 6.45) is 3.29. The summed E-state index contributed by atoms with van der Waals surface area (Å²) in [4.78, 5) is 28.5. The molecule has 1 saturated heterocycles. The van der Waals surface area contributed by atoms with Crippen molar-refractivity contribution in [2.75, 3.05) is 6.54 Å². The van der Waals surface area contributed by atoms with Crippen LogP contribution in [0.1, 0.15) is 35.8 Å². The molecule has 0 spiro atoms.